The molecule has 0 N–H and O–H groups in total. The highest BCUT2D eigenvalue weighted by Crippen LogP contribution is 2.27. The molecular formula is C13H12N2O2. The number of aromatic nitrogens is 1. The van der Waals surface area contributed by atoms with Crippen molar-refractivity contribution in [3.8, 4) is 0 Å². The van der Waals surface area contributed by atoms with Gasteiger partial charge in [-0.2, -0.15) is 0 Å². The van der Waals surface area contributed by atoms with E-state index in [0.717, 1.165) is 18.7 Å². The van der Waals surface area contributed by atoms with Gasteiger partial charge in [-0.15, -0.1) is 0 Å². The van der Waals surface area contributed by atoms with Crippen LogP contribution < -0.4 is 4.90 Å². The Hall–Kier alpha value is -2.10. The van der Waals surface area contributed by atoms with Crippen molar-refractivity contribution in [2.45, 2.75) is 12.8 Å². The Morgan fingerprint density at radius 1 is 1.41 bits per heavy atom. The molecule has 0 atom stereocenters. The van der Waals surface area contributed by atoms with Crippen molar-refractivity contribution in [3.05, 3.63) is 48.2 Å². The number of amides is 1. The number of rotatable bonds is 2. The van der Waals surface area contributed by atoms with Gasteiger partial charge in [-0.25, -0.2) is 4.98 Å². The number of benzene rings is 1. The molecule has 1 aromatic carbocycles. The van der Waals surface area contributed by atoms with Crippen molar-refractivity contribution in [3.63, 3.8) is 0 Å². The maximum absolute atomic E-state index is 12.1. The Balaban J connectivity index is 1.80. The summed E-state index contributed by atoms with van der Waals surface area (Å²) in [6.45, 7) is 0.760. The van der Waals surface area contributed by atoms with Gasteiger partial charge in [-0.3, -0.25) is 4.79 Å². The maximum Gasteiger partial charge on any atom is 0.233 e. The first-order valence-electron chi connectivity index (χ1n) is 5.60. The fraction of sp³-hybridized carbons (Fsp3) is 0.231. The third-order valence-electron chi connectivity index (χ3n) is 3.00. The fourth-order valence-electron chi connectivity index (χ4n) is 2.17. The third kappa shape index (κ3) is 1.82. The fourth-order valence-corrected chi connectivity index (χ4v) is 2.17. The minimum Gasteiger partial charge on any atom is -0.451 e. The monoisotopic (exact) mass is 228 g/mol. The lowest BCUT2D eigenvalue weighted by Gasteiger charge is -2.16. The summed E-state index contributed by atoms with van der Waals surface area (Å²) >= 11 is 0. The second kappa shape index (κ2) is 4.05. The van der Waals surface area contributed by atoms with Gasteiger partial charge in [0.15, 0.2) is 6.39 Å². The molecule has 1 amide bonds. The molecule has 4 heteroatoms. The SMILES string of the molecule is O=C(Cc1cocn1)N1CCc2ccccc21. The van der Waals surface area contributed by atoms with Crippen LogP contribution in [0, 0.1) is 0 Å². The van der Waals surface area contributed by atoms with E-state index in [4.69, 9.17) is 4.42 Å². The normalized spacial score (nSPS) is 13.8. The van der Waals surface area contributed by atoms with Crippen LogP contribution in [0.2, 0.25) is 0 Å². The molecule has 3 rings (SSSR count). The van der Waals surface area contributed by atoms with E-state index in [1.165, 1.54) is 18.2 Å². The Kier molecular flexibility index (Phi) is 2.40. The van der Waals surface area contributed by atoms with E-state index in [0.29, 0.717) is 12.1 Å². The Morgan fingerprint density at radius 2 is 2.29 bits per heavy atom. The number of fused-ring (bicyclic) bond motifs is 1. The highest BCUT2D eigenvalue weighted by molar-refractivity contribution is 5.96. The predicted molar refractivity (Wildman–Crippen MR) is 62.7 cm³/mol. The van der Waals surface area contributed by atoms with Gasteiger partial charge in [0.25, 0.3) is 0 Å². The summed E-state index contributed by atoms with van der Waals surface area (Å²) in [5, 5.41) is 0. The molecule has 1 aromatic heterocycles. The summed E-state index contributed by atoms with van der Waals surface area (Å²) in [6.07, 6.45) is 4.09. The zero-order valence-corrected chi connectivity index (χ0v) is 9.30. The van der Waals surface area contributed by atoms with Gasteiger partial charge >= 0.3 is 0 Å². The van der Waals surface area contributed by atoms with Crippen molar-refractivity contribution in [2.24, 2.45) is 0 Å². The van der Waals surface area contributed by atoms with E-state index in [2.05, 4.69) is 11.1 Å². The van der Waals surface area contributed by atoms with Crippen LogP contribution in [0.25, 0.3) is 0 Å². The van der Waals surface area contributed by atoms with Crippen molar-refractivity contribution in [2.75, 3.05) is 11.4 Å². The average Bonchev–Trinajstić information content (AvgIpc) is 2.96. The number of hydrogen-bond acceptors (Lipinski definition) is 3. The van der Waals surface area contributed by atoms with Crippen LogP contribution in [0.15, 0.2) is 41.3 Å². The van der Waals surface area contributed by atoms with Gasteiger partial charge in [0.1, 0.15) is 6.26 Å². The third-order valence-corrected chi connectivity index (χ3v) is 3.00. The molecule has 0 saturated heterocycles. The van der Waals surface area contributed by atoms with E-state index in [1.807, 2.05) is 23.1 Å². The van der Waals surface area contributed by atoms with E-state index in [9.17, 15) is 4.79 Å². The molecule has 0 radical (unpaired) electrons. The standard InChI is InChI=1S/C13H12N2O2/c16-13(7-11-8-17-9-14-11)15-6-5-10-3-1-2-4-12(10)15/h1-4,8-9H,5-7H2. The van der Waals surface area contributed by atoms with Crippen LogP contribution in [-0.4, -0.2) is 17.4 Å². The molecule has 0 saturated carbocycles. The molecule has 1 aliphatic heterocycles. The number of nitrogens with zero attached hydrogens (tertiary/aromatic N) is 2. The number of carbonyl (C=O) groups excluding carboxylic acids is 1. The van der Waals surface area contributed by atoms with E-state index >= 15 is 0 Å². The Bertz CT molecular complexity index is 534. The highest BCUT2D eigenvalue weighted by atomic mass is 16.3. The molecule has 86 valence electrons. The van der Waals surface area contributed by atoms with Crippen molar-refractivity contribution in [1.82, 2.24) is 4.98 Å². The van der Waals surface area contributed by atoms with Gasteiger partial charge in [0.05, 0.1) is 12.1 Å². The zero-order chi connectivity index (χ0) is 11.7. The lowest BCUT2D eigenvalue weighted by molar-refractivity contribution is -0.117. The first-order valence-corrected chi connectivity index (χ1v) is 5.60. The minimum atomic E-state index is 0.0730. The summed E-state index contributed by atoms with van der Waals surface area (Å²) in [5.41, 5.74) is 2.95. The van der Waals surface area contributed by atoms with Gasteiger partial charge in [-0.05, 0) is 18.1 Å². The van der Waals surface area contributed by atoms with Gasteiger partial charge < -0.3 is 9.32 Å². The van der Waals surface area contributed by atoms with Gasteiger partial charge in [-0.1, -0.05) is 18.2 Å². The van der Waals surface area contributed by atoms with Crippen LogP contribution in [0.3, 0.4) is 0 Å². The summed E-state index contributed by atoms with van der Waals surface area (Å²) in [6, 6.07) is 8.02. The molecule has 17 heavy (non-hydrogen) atoms. The molecule has 2 aromatic rings. The van der Waals surface area contributed by atoms with E-state index < -0.39 is 0 Å². The number of anilines is 1. The van der Waals surface area contributed by atoms with Gasteiger partial charge in [0.2, 0.25) is 5.91 Å². The molecule has 2 heterocycles. The second-order valence-electron chi connectivity index (χ2n) is 4.08. The average molecular weight is 228 g/mol. The summed E-state index contributed by atoms with van der Waals surface area (Å²) in [7, 11) is 0. The Morgan fingerprint density at radius 3 is 3.12 bits per heavy atom. The topological polar surface area (TPSA) is 46.3 Å². The van der Waals surface area contributed by atoms with Crippen LogP contribution in [0.4, 0.5) is 5.69 Å². The molecule has 0 aliphatic carbocycles. The first-order chi connectivity index (χ1) is 8.34. The lowest BCUT2D eigenvalue weighted by Crippen LogP contribution is -2.30. The second-order valence-corrected chi connectivity index (χ2v) is 4.08. The molecule has 0 unspecified atom stereocenters. The molecular weight excluding hydrogens is 216 g/mol. The van der Waals surface area contributed by atoms with Gasteiger partial charge in [0, 0.05) is 12.2 Å². The quantitative estimate of drug-likeness (QED) is 0.787. The largest absolute Gasteiger partial charge is 0.451 e. The highest BCUT2D eigenvalue weighted by Gasteiger charge is 2.24. The summed E-state index contributed by atoms with van der Waals surface area (Å²) < 4.78 is 4.87. The first kappa shape index (κ1) is 10.1. The van der Waals surface area contributed by atoms with E-state index in [-0.39, 0.29) is 5.91 Å². The maximum atomic E-state index is 12.1. The van der Waals surface area contributed by atoms with Crippen LogP contribution in [0.1, 0.15) is 11.3 Å². The molecule has 0 fully saturated rings. The molecule has 0 spiro atoms. The number of oxazole rings is 1. The smallest absolute Gasteiger partial charge is 0.233 e. The molecule has 1 aliphatic rings. The van der Waals surface area contributed by atoms with Crippen LogP contribution >= 0.6 is 0 Å². The predicted octanol–water partition coefficient (Wildman–Crippen LogP) is 1.81. The molecule has 0 bridgehead atoms. The number of hydrogen-bond donors (Lipinski definition) is 0. The van der Waals surface area contributed by atoms with Crippen molar-refractivity contribution in [1.29, 1.82) is 0 Å². The van der Waals surface area contributed by atoms with E-state index in [1.54, 1.807) is 0 Å². The van der Waals surface area contributed by atoms with Crippen LogP contribution in [0.5, 0.6) is 0 Å². The zero-order valence-electron chi connectivity index (χ0n) is 9.30. The van der Waals surface area contributed by atoms with Crippen LogP contribution in [-0.2, 0) is 17.6 Å². The summed E-state index contributed by atoms with van der Waals surface area (Å²) in [4.78, 5) is 17.9. The lowest BCUT2D eigenvalue weighted by atomic mass is 10.2. The summed E-state index contributed by atoms with van der Waals surface area (Å²) in [5.74, 6) is 0.0730. The number of carbonyl (C=O) groups is 1. The minimum absolute atomic E-state index is 0.0730. The Labute approximate surface area is 98.9 Å². The van der Waals surface area contributed by atoms with Crippen molar-refractivity contribution >= 4 is 11.6 Å². The number of para-hydroxylation sites is 1. The molecule has 4 nitrogen and oxygen atoms in total. The van der Waals surface area contributed by atoms with Crippen molar-refractivity contribution < 1.29 is 9.21 Å².